The van der Waals surface area contributed by atoms with Crippen molar-refractivity contribution in [1.29, 1.82) is 0 Å². The van der Waals surface area contributed by atoms with Crippen molar-refractivity contribution in [3.63, 3.8) is 0 Å². The zero-order chi connectivity index (χ0) is 15.3. The molecule has 0 unspecified atom stereocenters. The molecule has 21 heavy (non-hydrogen) atoms. The second-order valence-corrected chi connectivity index (χ2v) is 7.57. The van der Waals surface area contributed by atoms with Gasteiger partial charge in [0.25, 0.3) is 0 Å². The first kappa shape index (κ1) is 16.1. The summed E-state index contributed by atoms with van der Waals surface area (Å²) >= 11 is 5.52. The predicted molar refractivity (Wildman–Crippen MR) is 82.3 cm³/mol. The monoisotopic (exact) mass is 330 g/mol. The summed E-state index contributed by atoms with van der Waals surface area (Å²) < 4.78 is 25.0. The number of halogens is 1. The van der Waals surface area contributed by atoms with Crippen molar-refractivity contribution in [2.45, 2.75) is 23.0 Å². The maximum atomic E-state index is 12.5. The molecule has 1 heterocycles. The number of carbonyl (C=O) groups excluding carboxylic acids is 1. The van der Waals surface area contributed by atoms with Gasteiger partial charge in [-0.1, -0.05) is 18.2 Å². The van der Waals surface area contributed by atoms with Crippen molar-refractivity contribution in [3.8, 4) is 0 Å². The van der Waals surface area contributed by atoms with Gasteiger partial charge in [0.2, 0.25) is 0 Å². The summed E-state index contributed by atoms with van der Waals surface area (Å²) in [6.45, 7) is 1.32. The lowest BCUT2D eigenvalue weighted by molar-refractivity contribution is 0.187. The molecule has 0 radical (unpaired) electrons. The van der Waals surface area contributed by atoms with Crippen molar-refractivity contribution >= 4 is 27.5 Å². The van der Waals surface area contributed by atoms with Gasteiger partial charge in [0.05, 0.1) is 10.1 Å². The fourth-order valence-corrected chi connectivity index (χ4v) is 4.29. The summed E-state index contributed by atoms with van der Waals surface area (Å²) in [5, 5.41) is 2.27. The van der Waals surface area contributed by atoms with Gasteiger partial charge < -0.3 is 10.2 Å². The first-order chi connectivity index (χ1) is 10.1. The Kier molecular flexibility index (Phi) is 5.47. The lowest BCUT2D eigenvalue weighted by Gasteiger charge is -2.31. The number of nitrogens with one attached hydrogen (secondary N) is 1. The Hall–Kier alpha value is -1.27. The van der Waals surface area contributed by atoms with Crippen LogP contribution in [0.5, 0.6) is 0 Å². The van der Waals surface area contributed by atoms with E-state index in [9.17, 15) is 13.2 Å². The number of amides is 2. The Bertz CT molecular complexity index is 569. The third-order valence-corrected chi connectivity index (χ3v) is 6.08. The van der Waals surface area contributed by atoms with Crippen LogP contribution in [0.3, 0.4) is 0 Å². The van der Waals surface area contributed by atoms with E-state index in [0.29, 0.717) is 43.3 Å². The van der Waals surface area contributed by atoms with E-state index in [4.69, 9.17) is 11.6 Å². The van der Waals surface area contributed by atoms with Gasteiger partial charge in [0.15, 0.2) is 9.84 Å². The van der Waals surface area contributed by atoms with E-state index >= 15 is 0 Å². The number of piperidine rings is 1. The van der Waals surface area contributed by atoms with Crippen LogP contribution in [-0.4, -0.2) is 50.1 Å². The summed E-state index contributed by atoms with van der Waals surface area (Å²) in [5.41, 5.74) is 0. The second kappa shape index (κ2) is 7.13. The molecule has 1 N–H and O–H groups in total. The predicted octanol–water partition coefficient (Wildman–Crippen LogP) is 1.87. The summed E-state index contributed by atoms with van der Waals surface area (Å²) in [5.74, 6) is 0.366. The molecule has 5 nitrogen and oxygen atoms in total. The van der Waals surface area contributed by atoms with Crippen LogP contribution in [0.15, 0.2) is 35.2 Å². The first-order valence-electron chi connectivity index (χ1n) is 6.93. The summed E-state index contributed by atoms with van der Waals surface area (Å²) in [4.78, 5) is 13.8. The third-order valence-electron chi connectivity index (χ3n) is 3.61. The Balaban J connectivity index is 1.96. The number of urea groups is 1. The molecule has 0 aromatic heterocycles. The molecular formula is C14H19ClN2O3S. The standard InChI is InChI=1S/C14H19ClN2O3S/c15-8-9-16-14(18)17-10-6-13(7-11-17)21(19,20)12-4-2-1-3-5-12/h1-5,13H,6-11H2,(H,16,18). The number of hydrogen-bond donors (Lipinski definition) is 1. The second-order valence-electron chi connectivity index (χ2n) is 4.97. The molecule has 7 heteroatoms. The average molecular weight is 331 g/mol. The fourth-order valence-electron chi connectivity index (χ4n) is 2.44. The summed E-state index contributed by atoms with van der Waals surface area (Å²) in [7, 11) is -3.31. The zero-order valence-electron chi connectivity index (χ0n) is 11.7. The van der Waals surface area contributed by atoms with Gasteiger partial charge >= 0.3 is 6.03 Å². The minimum atomic E-state index is -3.31. The van der Waals surface area contributed by atoms with Crippen molar-refractivity contribution < 1.29 is 13.2 Å². The number of carbonyl (C=O) groups is 1. The quantitative estimate of drug-likeness (QED) is 0.857. The Morgan fingerprint density at radius 2 is 1.86 bits per heavy atom. The normalized spacial score (nSPS) is 16.7. The molecule has 0 bridgehead atoms. The summed E-state index contributed by atoms with van der Waals surface area (Å²) in [6, 6.07) is 8.31. The van der Waals surface area contributed by atoms with Gasteiger partial charge in [-0.2, -0.15) is 0 Å². The van der Waals surface area contributed by atoms with E-state index < -0.39 is 15.1 Å². The smallest absolute Gasteiger partial charge is 0.317 e. The topological polar surface area (TPSA) is 66.5 Å². The molecule has 2 amide bonds. The molecule has 0 saturated carbocycles. The van der Waals surface area contributed by atoms with Crippen LogP contribution in [0, 0.1) is 0 Å². The van der Waals surface area contributed by atoms with E-state index in [2.05, 4.69) is 5.32 Å². The highest BCUT2D eigenvalue weighted by atomic mass is 35.5. The van der Waals surface area contributed by atoms with Crippen molar-refractivity contribution in [1.82, 2.24) is 10.2 Å². The zero-order valence-corrected chi connectivity index (χ0v) is 13.2. The van der Waals surface area contributed by atoms with Gasteiger partial charge in [-0.05, 0) is 25.0 Å². The lowest BCUT2D eigenvalue weighted by Crippen LogP contribution is -2.47. The number of alkyl halides is 1. The van der Waals surface area contributed by atoms with E-state index in [1.54, 1.807) is 35.2 Å². The van der Waals surface area contributed by atoms with Crippen LogP contribution >= 0.6 is 11.6 Å². The van der Waals surface area contributed by atoms with E-state index in [1.807, 2.05) is 0 Å². The van der Waals surface area contributed by atoms with Gasteiger partial charge in [-0.15, -0.1) is 11.6 Å². The van der Waals surface area contributed by atoms with Gasteiger partial charge in [-0.3, -0.25) is 0 Å². The molecule has 0 atom stereocenters. The highest BCUT2D eigenvalue weighted by Gasteiger charge is 2.32. The van der Waals surface area contributed by atoms with E-state index in [1.165, 1.54) is 0 Å². The molecule has 0 aliphatic carbocycles. The molecule has 1 fully saturated rings. The maximum Gasteiger partial charge on any atom is 0.317 e. The molecule has 116 valence electrons. The molecule has 2 rings (SSSR count). The van der Waals surface area contributed by atoms with Gasteiger partial charge in [-0.25, -0.2) is 13.2 Å². The van der Waals surface area contributed by atoms with Crippen LogP contribution in [0.4, 0.5) is 4.79 Å². The Labute approximate surface area is 130 Å². The Morgan fingerprint density at radius 1 is 1.24 bits per heavy atom. The molecule has 1 aliphatic heterocycles. The maximum absolute atomic E-state index is 12.5. The number of likely N-dealkylation sites (tertiary alicyclic amines) is 1. The van der Waals surface area contributed by atoms with Crippen molar-refractivity contribution in [2.24, 2.45) is 0 Å². The van der Waals surface area contributed by atoms with Crippen LogP contribution in [0.25, 0.3) is 0 Å². The van der Waals surface area contributed by atoms with Crippen LogP contribution in [0.1, 0.15) is 12.8 Å². The van der Waals surface area contributed by atoms with E-state index in [-0.39, 0.29) is 6.03 Å². The molecule has 1 saturated heterocycles. The highest BCUT2D eigenvalue weighted by Crippen LogP contribution is 2.24. The number of hydrogen-bond acceptors (Lipinski definition) is 3. The van der Waals surface area contributed by atoms with Crippen LogP contribution in [0.2, 0.25) is 0 Å². The number of benzene rings is 1. The lowest BCUT2D eigenvalue weighted by atomic mass is 10.1. The number of sulfone groups is 1. The van der Waals surface area contributed by atoms with Crippen molar-refractivity contribution in [2.75, 3.05) is 25.5 Å². The third kappa shape index (κ3) is 3.89. The van der Waals surface area contributed by atoms with Crippen LogP contribution in [-0.2, 0) is 9.84 Å². The first-order valence-corrected chi connectivity index (χ1v) is 9.01. The number of rotatable bonds is 4. The molecular weight excluding hydrogens is 312 g/mol. The molecule has 1 aliphatic rings. The largest absolute Gasteiger partial charge is 0.337 e. The molecule has 1 aromatic rings. The minimum absolute atomic E-state index is 0.175. The Morgan fingerprint density at radius 3 is 2.43 bits per heavy atom. The highest BCUT2D eigenvalue weighted by molar-refractivity contribution is 7.92. The van der Waals surface area contributed by atoms with Gasteiger partial charge in [0.1, 0.15) is 0 Å². The van der Waals surface area contributed by atoms with Crippen LogP contribution < -0.4 is 5.32 Å². The van der Waals surface area contributed by atoms with E-state index in [0.717, 1.165) is 0 Å². The molecule has 1 aromatic carbocycles. The number of nitrogens with zero attached hydrogens (tertiary/aromatic N) is 1. The van der Waals surface area contributed by atoms with Gasteiger partial charge in [0, 0.05) is 25.5 Å². The molecule has 0 spiro atoms. The fraction of sp³-hybridized carbons (Fsp3) is 0.500. The average Bonchev–Trinajstić information content (AvgIpc) is 2.53. The summed E-state index contributed by atoms with van der Waals surface area (Å²) in [6.07, 6.45) is 0.928. The van der Waals surface area contributed by atoms with Crippen molar-refractivity contribution in [3.05, 3.63) is 30.3 Å². The minimum Gasteiger partial charge on any atom is -0.337 e. The SMILES string of the molecule is O=C(NCCCl)N1CCC(S(=O)(=O)c2ccccc2)CC1.